The maximum Gasteiger partial charge on any atom is 0.255 e. The Morgan fingerprint density at radius 1 is 1.42 bits per heavy atom. The standard InChI is InChI=1S/C17H17ClF3NO2/c1-2-24-6-5-10-3-4-11(18)13(19)12(10)14(23)22-17-7-16(8-17,9-17)15(20)21/h3-6,15H,2,7-9H2,1H3,(H,22,23)/b6-5+. The van der Waals surface area contributed by atoms with Crippen LogP contribution in [0.1, 0.15) is 42.1 Å². The summed E-state index contributed by atoms with van der Waals surface area (Å²) in [6, 6.07) is 2.87. The van der Waals surface area contributed by atoms with Crippen molar-refractivity contribution in [2.75, 3.05) is 6.61 Å². The van der Waals surface area contributed by atoms with Gasteiger partial charge < -0.3 is 10.1 Å². The Morgan fingerprint density at radius 2 is 2.08 bits per heavy atom. The van der Waals surface area contributed by atoms with Crippen molar-refractivity contribution in [3.63, 3.8) is 0 Å². The number of benzene rings is 1. The predicted octanol–water partition coefficient (Wildman–Crippen LogP) is 4.40. The summed E-state index contributed by atoms with van der Waals surface area (Å²) >= 11 is 5.77. The van der Waals surface area contributed by atoms with Gasteiger partial charge in [0, 0.05) is 11.0 Å². The van der Waals surface area contributed by atoms with Crippen molar-refractivity contribution in [2.45, 2.75) is 38.2 Å². The number of rotatable bonds is 6. The molecule has 1 aromatic carbocycles. The lowest BCUT2D eigenvalue weighted by atomic mass is 9.39. The molecule has 1 amide bonds. The Hall–Kier alpha value is -1.69. The highest BCUT2D eigenvalue weighted by Gasteiger charge is 2.72. The average Bonchev–Trinajstić information content (AvgIpc) is 2.44. The average molecular weight is 360 g/mol. The molecule has 0 spiro atoms. The molecule has 1 N–H and O–H groups in total. The number of hydrogen-bond donors (Lipinski definition) is 1. The molecular weight excluding hydrogens is 343 g/mol. The highest BCUT2D eigenvalue weighted by molar-refractivity contribution is 6.31. The fraction of sp³-hybridized carbons (Fsp3) is 0.471. The van der Waals surface area contributed by atoms with Gasteiger partial charge >= 0.3 is 0 Å². The molecule has 3 fully saturated rings. The lowest BCUT2D eigenvalue weighted by Gasteiger charge is -2.69. The molecule has 0 unspecified atom stereocenters. The minimum atomic E-state index is -2.39. The first-order valence-corrected chi connectivity index (χ1v) is 8.07. The summed E-state index contributed by atoms with van der Waals surface area (Å²) in [5.74, 6) is -1.48. The van der Waals surface area contributed by atoms with E-state index in [0.29, 0.717) is 12.2 Å². The number of carbonyl (C=O) groups excluding carboxylic acids is 1. The molecule has 4 rings (SSSR count). The van der Waals surface area contributed by atoms with E-state index in [1.807, 2.05) is 0 Å². The molecule has 130 valence electrons. The van der Waals surface area contributed by atoms with E-state index in [9.17, 15) is 18.0 Å². The maximum absolute atomic E-state index is 14.3. The van der Waals surface area contributed by atoms with E-state index in [4.69, 9.17) is 16.3 Å². The Balaban J connectivity index is 1.79. The first-order chi connectivity index (χ1) is 11.3. The van der Waals surface area contributed by atoms with Crippen LogP contribution < -0.4 is 5.32 Å². The van der Waals surface area contributed by atoms with Crippen LogP contribution in [0.2, 0.25) is 5.02 Å². The van der Waals surface area contributed by atoms with Gasteiger partial charge in [-0.3, -0.25) is 4.79 Å². The Labute approximate surface area is 142 Å². The lowest BCUT2D eigenvalue weighted by molar-refractivity contribution is -0.223. The van der Waals surface area contributed by atoms with Crippen molar-refractivity contribution in [3.8, 4) is 0 Å². The van der Waals surface area contributed by atoms with E-state index in [2.05, 4.69) is 5.32 Å². The second-order valence-corrected chi connectivity index (χ2v) is 6.92. The van der Waals surface area contributed by atoms with Crippen molar-refractivity contribution in [2.24, 2.45) is 5.41 Å². The predicted molar refractivity (Wildman–Crippen MR) is 84.6 cm³/mol. The van der Waals surface area contributed by atoms with Crippen molar-refractivity contribution >= 4 is 23.6 Å². The quantitative estimate of drug-likeness (QED) is 0.764. The van der Waals surface area contributed by atoms with E-state index >= 15 is 0 Å². The van der Waals surface area contributed by atoms with Crippen molar-refractivity contribution in [1.29, 1.82) is 0 Å². The molecule has 2 bridgehead atoms. The van der Waals surface area contributed by atoms with Crippen LogP contribution in [0.5, 0.6) is 0 Å². The SMILES string of the molecule is CCO/C=C/c1ccc(Cl)c(F)c1C(=O)NC12CC(C(F)F)(C1)C2. The number of hydrogen-bond acceptors (Lipinski definition) is 2. The van der Waals surface area contributed by atoms with Crippen molar-refractivity contribution in [1.82, 2.24) is 5.32 Å². The minimum Gasteiger partial charge on any atom is -0.501 e. The summed E-state index contributed by atoms with van der Waals surface area (Å²) in [5.41, 5.74) is -1.48. The summed E-state index contributed by atoms with van der Waals surface area (Å²) in [4.78, 5) is 12.5. The first kappa shape index (κ1) is 17.1. The van der Waals surface area contributed by atoms with E-state index in [-0.39, 0.29) is 29.8 Å². The van der Waals surface area contributed by atoms with Crippen molar-refractivity contribution in [3.05, 3.63) is 40.4 Å². The van der Waals surface area contributed by atoms with Crippen LogP contribution in [0, 0.1) is 11.2 Å². The maximum atomic E-state index is 14.3. The van der Waals surface area contributed by atoms with Gasteiger partial charge in [0.15, 0.2) is 5.82 Å². The van der Waals surface area contributed by atoms with Gasteiger partial charge in [0.2, 0.25) is 6.43 Å². The molecule has 3 aliphatic carbocycles. The van der Waals surface area contributed by atoms with Gasteiger partial charge in [-0.1, -0.05) is 17.7 Å². The molecule has 0 saturated heterocycles. The fourth-order valence-corrected chi connectivity index (χ4v) is 3.84. The number of amides is 1. The smallest absolute Gasteiger partial charge is 0.255 e. The monoisotopic (exact) mass is 359 g/mol. The molecule has 1 aromatic rings. The Kier molecular flexibility index (Phi) is 4.28. The number of alkyl halides is 2. The summed E-state index contributed by atoms with van der Waals surface area (Å²) in [6.45, 7) is 2.23. The molecule has 0 radical (unpaired) electrons. The first-order valence-electron chi connectivity index (χ1n) is 7.69. The van der Waals surface area contributed by atoms with Crippen LogP contribution in [0.25, 0.3) is 6.08 Å². The van der Waals surface area contributed by atoms with Crippen LogP contribution >= 0.6 is 11.6 Å². The van der Waals surface area contributed by atoms with Crippen LogP contribution in [-0.4, -0.2) is 24.5 Å². The molecule has 3 saturated carbocycles. The van der Waals surface area contributed by atoms with Gasteiger partial charge in [0.1, 0.15) is 0 Å². The molecule has 7 heteroatoms. The van der Waals surface area contributed by atoms with Crippen LogP contribution in [0.4, 0.5) is 13.2 Å². The number of halogens is 4. The third-order valence-electron chi connectivity index (χ3n) is 4.78. The van der Waals surface area contributed by atoms with Gasteiger partial charge in [0.25, 0.3) is 5.91 Å². The van der Waals surface area contributed by atoms with Crippen LogP contribution in [0.3, 0.4) is 0 Å². The van der Waals surface area contributed by atoms with E-state index in [1.165, 1.54) is 24.5 Å². The summed E-state index contributed by atoms with van der Waals surface area (Å²) < 4.78 is 45.2. The van der Waals surface area contributed by atoms with E-state index < -0.39 is 29.1 Å². The Morgan fingerprint density at radius 3 is 2.67 bits per heavy atom. The van der Waals surface area contributed by atoms with E-state index in [0.717, 1.165) is 0 Å². The second-order valence-electron chi connectivity index (χ2n) is 6.51. The van der Waals surface area contributed by atoms with Crippen LogP contribution in [-0.2, 0) is 4.74 Å². The number of ether oxygens (including phenoxy) is 1. The van der Waals surface area contributed by atoms with Crippen LogP contribution in [0.15, 0.2) is 18.4 Å². The largest absolute Gasteiger partial charge is 0.501 e. The van der Waals surface area contributed by atoms with E-state index in [1.54, 1.807) is 6.92 Å². The highest BCUT2D eigenvalue weighted by atomic mass is 35.5. The summed E-state index contributed by atoms with van der Waals surface area (Å²) in [6.07, 6.45) is 1.15. The molecule has 0 heterocycles. The molecule has 0 aromatic heterocycles. The normalized spacial score (nSPS) is 27.8. The zero-order chi connectivity index (χ0) is 17.5. The number of carbonyl (C=O) groups is 1. The summed E-state index contributed by atoms with van der Waals surface area (Å²) in [5, 5.41) is 2.54. The summed E-state index contributed by atoms with van der Waals surface area (Å²) in [7, 11) is 0. The van der Waals surface area contributed by atoms with Gasteiger partial charge in [-0.25, -0.2) is 13.2 Å². The van der Waals surface area contributed by atoms with Gasteiger partial charge in [-0.15, -0.1) is 0 Å². The van der Waals surface area contributed by atoms with Crippen molar-refractivity contribution < 1.29 is 22.7 Å². The number of nitrogens with one attached hydrogen (secondary N) is 1. The zero-order valence-corrected chi connectivity index (χ0v) is 13.8. The highest BCUT2D eigenvalue weighted by Crippen LogP contribution is 2.69. The topological polar surface area (TPSA) is 38.3 Å². The third kappa shape index (κ3) is 2.66. The molecule has 24 heavy (non-hydrogen) atoms. The third-order valence-corrected chi connectivity index (χ3v) is 5.07. The van der Waals surface area contributed by atoms with Gasteiger partial charge in [-0.05, 0) is 43.9 Å². The Bertz CT molecular complexity index is 686. The minimum absolute atomic E-state index is 0.171. The van der Waals surface area contributed by atoms with Gasteiger partial charge in [0.05, 0.1) is 23.5 Å². The second kappa shape index (κ2) is 5.99. The van der Waals surface area contributed by atoms with Gasteiger partial charge in [-0.2, -0.15) is 0 Å². The molecular formula is C17H17ClF3NO2. The molecule has 0 aliphatic heterocycles. The lowest BCUT2D eigenvalue weighted by Crippen LogP contribution is -2.76. The molecule has 0 atom stereocenters. The molecule has 3 nitrogen and oxygen atoms in total. The molecule has 3 aliphatic rings. The zero-order valence-electron chi connectivity index (χ0n) is 13.0. The fourth-order valence-electron chi connectivity index (χ4n) is 3.69.